The molecule has 0 unspecified atom stereocenters. The fourth-order valence-corrected chi connectivity index (χ4v) is 1.49. The second-order valence-corrected chi connectivity index (χ2v) is 3.23. The van der Waals surface area contributed by atoms with Crippen LogP contribution < -0.4 is 10.6 Å². The lowest BCUT2D eigenvalue weighted by molar-refractivity contribution is 0.123. The molecule has 0 aromatic heterocycles. The number of aryl methyl sites for hydroxylation is 1. The number of benzene rings is 1. The van der Waals surface area contributed by atoms with E-state index < -0.39 is 0 Å². The van der Waals surface area contributed by atoms with Gasteiger partial charge in [0.1, 0.15) is 0 Å². The summed E-state index contributed by atoms with van der Waals surface area (Å²) < 4.78 is 4.93. The van der Waals surface area contributed by atoms with Crippen molar-refractivity contribution in [3.05, 3.63) is 22.2 Å². The predicted octanol–water partition coefficient (Wildman–Crippen LogP) is 1.75. The van der Waals surface area contributed by atoms with E-state index in [-0.39, 0.29) is 17.4 Å². The number of halogens is 1. The summed E-state index contributed by atoms with van der Waals surface area (Å²) in [6.07, 6.45) is 0. The molecule has 0 aliphatic carbocycles. The van der Waals surface area contributed by atoms with Gasteiger partial charge < -0.3 is 9.84 Å². The zero-order valence-electron chi connectivity index (χ0n) is 8.00. The van der Waals surface area contributed by atoms with Crippen molar-refractivity contribution in [3.8, 4) is 11.5 Å². The van der Waals surface area contributed by atoms with Crippen LogP contribution in [0.3, 0.4) is 0 Å². The Labute approximate surface area is 87.1 Å². The number of hydrogen-bond donors (Lipinski definition) is 2. The molecule has 1 rings (SSSR count). The lowest BCUT2D eigenvalue weighted by atomic mass is 10.1. The Morgan fingerprint density at radius 3 is 2.71 bits per heavy atom. The van der Waals surface area contributed by atoms with E-state index in [1.165, 1.54) is 7.11 Å². The third kappa shape index (κ3) is 1.92. The molecule has 0 spiro atoms. The zero-order valence-corrected chi connectivity index (χ0v) is 8.76. The summed E-state index contributed by atoms with van der Waals surface area (Å²) in [7, 11) is 1.46. The van der Waals surface area contributed by atoms with Crippen LogP contribution in [0.25, 0.3) is 0 Å². The maximum absolute atomic E-state index is 9.58. The number of methoxy groups -OCH3 is 1. The number of phenolic OH excluding ortho intramolecular Hbond substituents is 1. The summed E-state index contributed by atoms with van der Waals surface area (Å²) in [4.78, 5) is 4.48. The van der Waals surface area contributed by atoms with Gasteiger partial charge in [0.15, 0.2) is 11.5 Å². The van der Waals surface area contributed by atoms with E-state index >= 15 is 0 Å². The molecule has 0 heterocycles. The molecule has 1 aromatic carbocycles. The maximum atomic E-state index is 9.58. The van der Waals surface area contributed by atoms with Gasteiger partial charge in [-0.2, -0.15) is 0 Å². The molecule has 14 heavy (non-hydrogen) atoms. The monoisotopic (exact) mass is 217 g/mol. The van der Waals surface area contributed by atoms with Crippen LogP contribution in [0, 0.1) is 6.92 Å². The highest BCUT2D eigenvalue weighted by molar-refractivity contribution is 6.33. The molecular formula is C9H12ClNO3. The largest absolute Gasteiger partial charge is 0.503 e. The van der Waals surface area contributed by atoms with Crippen LogP contribution in [-0.4, -0.2) is 12.2 Å². The number of hydrogen-bond acceptors (Lipinski definition) is 4. The minimum absolute atomic E-state index is 0.0909. The number of phenols is 1. The Balaban J connectivity index is 3.26. The number of ether oxygens (including phenoxy) is 1. The van der Waals surface area contributed by atoms with E-state index in [2.05, 4.69) is 4.84 Å². The average Bonchev–Trinajstić information content (AvgIpc) is 2.18. The number of aromatic hydroxyl groups is 1. The summed E-state index contributed by atoms with van der Waals surface area (Å²) in [6.45, 7) is 1.99. The standard InChI is InChI=1S/C9H12ClNO3/c1-5-3-7(13-2)9(12)8(10)6(5)4-14-11/h3,12H,4,11H2,1-2H3. The van der Waals surface area contributed by atoms with Crippen molar-refractivity contribution in [3.63, 3.8) is 0 Å². The van der Waals surface area contributed by atoms with Crippen LogP contribution in [0.4, 0.5) is 0 Å². The summed E-state index contributed by atoms with van der Waals surface area (Å²) in [5.74, 6) is 5.20. The summed E-state index contributed by atoms with van der Waals surface area (Å²) in [6, 6.07) is 1.68. The van der Waals surface area contributed by atoms with E-state index in [1.54, 1.807) is 6.07 Å². The Hall–Kier alpha value is -0.970. The summed E-state index contributed by atoms with van der Waals surface area (Å²) in [5, 5.41) is 9.79. The fourth-order valence-electron chi connectivity index (χ4n) is 1.19. The van der Waals surface area contributed by atoms with Gasteiger partial charge in [0.05, 0.1) is 18.7 Å². The second kappa shape index (κ2) is 4.50. The molecule has 0 atom stereocenters. The van der Waals surface area contributed by atoms with E-state index in [0.717, 1.165) is 5.56 Å². The normalized spacial score (nSPS) is 10.3. The topological polar surface area (TPSA) is 64.7 Å². The van der Waals surface area contributed by atoms with Crippen molar-refractivity contribution in [2.45, 2.75) is 13.5 Å². The van der Waals surface area contributed by atoms with E-state index in [0.29, 0.717) is 11.3 Å². The number of nitrogens with two attached hydrogens (primary N) is 1. The SMILES string of the molecule is COc1cc(C)c(CON)c(Cl)c1O. The molecule has 0 aliphatic rings. The Kier molecular flexibility index (Phi) is 3.57. The molecule has 0 radical (unpaired) electrons. The van der Waals surface area contributed by atoms with Gasteiger partial charge in [-0.3, -0.25) is 4.84 Å². The molecule has 4 nitrogen and oxygen atoms in total. The minimum Gasteiger partial charge on any atom is -0.503 e. The minimum atomic E-state index is -0.0909. The smallest absolute Gasteiger partial charge is 0.177 e. The van der Waals surface area contributed by atoms with E-state index in [9.17, 15) is 5.11 Å². The second-order valence-electron chi connectivity index (χ2n) is 2.85. The summed E-state index contributed by atoms with van der Waals surface area (Å²) >= 11 is 5.90. The van der Waals surface area contributed by atoms with Crippen LogP contribution in [-0.2, 0) is 11.4 Å². The Morgan fingerprint density at radius 1 is 1.57 bits per heavy atom. The van der Waals surface area contributed by atoms with Crippen LogP contribution in [0.1, 0.15) is 11.1 Å². The Morgan fingerprint density at radius 2 is 2.21 bits per heavy atom. The number of rotatable bonds is 3. The molecule has 78 valence electrons. The first-order chi connectivity index (χ1) is 6.61. The van der Waals surface area contributed by atoms with Crippen LogP contribution >= 0.6 is 11.6 Å². The van der Waals surface area contributed by atoms with Crippen LogP contribution in [0.15, 0.2) is 6.07 Å². The van der Waals surface area contributed by atoms with Crippen LogP contribution in [0.2, 0.25) is 5.02 Å². The molecular weight excluding hydrogens is 206 g/mol. The highest BCUT2D eigenvalue weighted by Gasteiger charge is 2.14. The molecule has 0 saturated carbocycles. The van der Waals surface area contributed by atoms with Gasteiger partial charge in [0.2, 0.25) is 0 Å². The quantitative estimate of drug-likeness (QED) is 0.758. The lowest BCUT2D eigenvalue weighted by Gasteiger charge is -2.11. The molecule has 1 aromatic rings. The molecule has 5 heteroatoms. The van der Waals surface area contributed by atoms with Crippen molar-refractivity contribution in [1.29, 1.82) is 0 Å². The molecule has 0 amide bonds. The van der Waals surface area contributed by atoms with Gasteiger partial charge in [0, 0.05) is 5.56 Å². The van der Waals surface area contributed by atoms with Gasteiger partial charge in [0.25, 0.3) is 0 Å². The first-order valence-corrected chi connectivity index (χ1v) is 4.36. The van der Waals surface area contributed by atoms with Gasteiger partial charge in [-0.15, -0.1) is 0 Å². The molecule has 0 bridgehead atoms. The predicted molar refractivity (Wildman–Crippen MR) is 53.4 cm³/mol. The van der Waals surface area contributed by atoms with Crippen molar-refractivity contribution >= 4 is 11.6 Å². The maximum Gasteiger partial charge on any atom is 0.177 e. The van der Waals surface area contributed by atoms with Crippen LogP contribution in [0.5, 0.6) is 11.5 Å². The lowest BCUT2D eigenvalue weighted by Crippen LogP contribution is -2.02. The third-order valence-corrected chi connectivity index (χ3v) is 2.38. The highest BCUT2D eigenvalue weighted by Crippen LogP contribution is 2.38. The van der Waals surface area contributed by atoms with Crippen molar-refractivity contribution in [2.24, 2.45) is 5.90 Å². The molecule has 0 saturated heterocycles. The third-order valence-electron chi connectivity index (χ3n) is 1.98. The first kappa shape index (κ1) is 11.1. The Bertz CT molecular complexity index is 341. The molecule has 3 N–H and O–H groups in total. The van der Waals surface area contributed by atoms with E-state index in [4.69, 9.17) is 22.2 Å². The van der Waals surface area contributed by atoms with Crippen molar-refractivity contribution < 1.29 is 14.7 Å². The summed E-state index contributed by atoms with van der Waals surface area (Å²) in [5.41, 5.74) is 1.52. The molecule has 0 aliphatic heterocycles. The van der Waals surface area contributed by atoms with Crippen molar-refractivity contribution in [2.75, 3.05) is 7.11 Å². The fraction of sp³-hybridized carbons (Fsp3) is 0.333. The highest BCUT2D eigenvalue weighted by atomic mass is 35.5. The van der Waals surface area contributed by atoms with E-state index in [1.807, 2.05) is 6.92 Å². The van der Waals surface area contributed by atoms with Gasteiger partial charge >= 0.3 is 0 Å². The van der Waals surface area contributed by atoms with Crippen molar-refractivity contribution in [1.82, 2.24) is 0 Å². The molecule has 0 fully saturated rings. The first-order valence-electron chi connectivity index (χ1n) is 3.98. The van der Waals surface area contributed by atoms with Gasteiger partial charge in [-0.1, -0.05) is 11.6 Å². The average molecular weight is 218 g/mol. The van der Waals surface area contributed by atoms with Gasteiger partial charge in [-0.25, -0.2) is 5.90 Å². The zero-order chi connectivity index (χ0) is 10.7. The van der Waals surface area contributed by atoms with Gasteiger partial charge in [-0.05, 0) is 18.6 Å².